The van der Waals surface area contributed by atoms with Gasteiger partial charge in [0.15, 0.2) is 0 Å². The van der Waals surface area contributed by atoms with Crippen molar-refractivity contribution in [1.29, 1.82) is 0 Å². The zero-order valence-corrected chi connectivity index (χ0v) is 6.70. The Morgan fingerprint density at radius 2 is 1.78 bits per heavy atom. The van der Waals surface area contributed by atoms with Crippen LogP contribution in [0.4, 0.5) is 0 Å². The van der Waals surface area contributed by atoms with E-state index in [1.54, 1.807) is 0 Å². The number of hydrogen-bond acceptors (Lipinski definition) is 2. The monoisotopic (exact) mass is 150 g/mol. The predicted octanol–water partition coefficient (Wildman–Crippen LogP) is 0.712. The van der Waals surface area contributed by atoms with Gasteiger partial charge in [-0.3, -0.25) is 9.35 Å². The van der Waals surface area contributed by atoms with Gasteiger partial charge in [-0.05, 0) is 20.8 Å². The van der Waals surface area contributed by atoms with Crippen LogP contribution in [-0.4, -0.2) is 8.76 Å². The van der Waals surface area contributed by atoms with E-state index in [1.165, 1.54) is 5.57 Å². The van der Waals surface area contributed by atoms with Gasteiger partial charge in [-0.1, -0.05) is 11.6 Å². The quantitative estimate of drug-likeness (QED) is 0.408. The van der Waals surface area contributed by atoms with Gasteiger partial charge in [-0.15, -0.1) is 0 Å². The van der Waals surface area contributed by atoms with Crippen LogP contribution in [0, 0.1) is 0 Å². The molecular formula is C5H12NO2S-. The maximum absolute atomic E-state index is 8.78. The van der Waals surface area contributed by atoms with E-state index in [9.17, 15) is 0 Å². The summed E-state index contributed by atoms with van der Waals surface area (Å²) in [5.74, 6) is 0. The second kappa shape index (κ2) is 7.81. The molecule has 0 heterocycles. The van der Waals surface area contributed by atoms with Crippen LogP contribution in [0.2, 0.25) is 0 Å². The van der Waals surface area contributed by atoms with Crippen molar-refractivity contribution in [3.05, 3.63) is 11.6 Å². The predicted molar refractivity (Wildman–Crippen MR) is 38.2 cm³/mol. The zero-order valence-electron chi connectivity index (χ0n) is 5.88. The van der Waals surface area contributed by atoms with Gasteiger partial charge in [0.25, 0.3) is 0 Å². The molecule has 0 aliphatic rings. The Hall–Kier alpha value is -0.190. The van der Waals surface area contributed by atoms with Crippen molar-refractivity contribution in [2.24, 2.45) is 5.14 Å². The number of nitrogens with two attached hydrogens (primary N) is 1. The van der Waals surface area contributed by atoms with Gasteiger partial charge in [0.2, 0.25) is 0 Å². The van der Waals surface area contributed by atoms with Crippen molar-refractivity contribution < 1.29 is 8.76 Å². The minimum Gasteiger partial charge on any atom is -0.760 e. The van der Waals surface area contributed by atoms with E-state index >= 15 is 0 Å². The standard InChI is InChI=1S/C5H10.H3NO2S/c1-4-5(2)3;1-4(2)3/h4H,1-3H3;1H2,(H,2,3)/p-1. The second-order valence-electron chi connectivity index (χ2n) is 1.63. The summed E-state index contributed by atoms with van der Waals surface area (Å²) in [6.07, 6.45) is 2.08. The van der Waals surface area contributed by atoms with Gasteiger partial charge in [-0.2, -0.15) is 0 Å². The maximum atomic E-state index is 8.78. The van der Waals surface area contributed by atoms with E-state index in [1.807, 2.05) is 6.92 Å². The lowest BCUT2D eigenvalue weighted by Crippen LogP contribution is -1.97. The first-order chi connectivity index (χ1) is 4.00. The summed E-state index contributed by atoms with van der Waals surface area (Å²) in [5.41, 5.74) is 1.38. The molecule has 1 atom stereocenters. The molecule has 0 aromatic heterocycles. The summed E-state index contributed by atoms with van der Waals surface area (Å²) in [6, 6.07) is 0. The maximum Gasteiger partial charge on any atom is 0.0152 e. The first-order valence-electron chi connectivity index (χ1n) is 2.44. The topological polar surface area (TPSA) is 66.2 Å². The van der Waals surface area contributed by atoms with Gasteiger partial charge >= 0.3 is 0 Å². The molecule has 0 aromatic carbocycles. The minimum atomic E-state index is -2.36. The molecule has 56 valence electrons. The normalized spacial score (nSPS) is 10.8. The lowest BCUT2D eigenvalue weighted by molar-refractivity contribution is 0.539. The Kier molecular flexibility index (Phi) is 10.1. The van der Waals surface area contributed by atoms with Crippen molar-refractivity contribution in [3.63, 3.8) is 0 Å². The summed E-state index contributed by atoms with van der Waals surface area (Å²) < 4.78 is 17.6. The Morgan fingerprint density at radius 1 is 1.67 bits per heavy atom. The van der Waals surface area contributed by atoms with E-state index in [4.69, 9.17) is 8.76 Å². The molecule has 0 aliphatic heterocycles. The Labute approximate surface area is 58.4 Å². The molecule has 0 fully saturated rings. The molecule has 0 radical (unpaired) electrons. The van der Waals surface area contributed by atoms with Crippen LogP contribution < -0.4 is 5.14 Å². The molecule has 0 aliphatic carbocycles. The van der Waals surface area contributed by atoms with Crippen molar-refractivity contribution in [2.75, 3.05) is 0 Å². The Balaban J connectivity index is 0. The highest BCUT2D eigenvalue weighted by Crippen LogP contribution is 1.82. The van der Waals surface area contributed by atoms with E-state index < -0.39 is 11.3 Å². The molecular weight excluding hydrogens is 138 g/mol. The van der Waals surface area contributed by atoms with Gasteiger partial charge in [0.1, 0.15) is 0 Å². The highest BCUT2D eigenvalue weighted by molar-refractivity contribution is 7.76. The van der Waals surface area contributed by atoms with Crippen LogP contribution in [0.3, 0.4) is 0 Å². The smallest absolute Gasteiger partial charge is 0.0152 e. The fraction of sp³-hybridized carbons (Fsp3) is 0.600. The summed E-state index contributed by atoms with van der Waals surface area (Å²) >= 11 is -2.36. The van der Waals surface area contributed by atoms with Crippen molar-refractivity contribution in [3.8, 4) is 0 Å². The van der Waals surface area contributed by atoms with Crippen molar-refractivity contribution in [1.82, 2.24) is 0 Å². The van der Waals surface area contributed by atoms with Gasteiger partial charge in [0.05, 0.1) is 0 Å². The van der Waals surface area contributed by atoms with Crippen LogP contribution in [0.5, 0.6) is 0 Å². The molecule has 2 N–H and O–H groups in total. The van der Waals surface area contributed by atoms with Crippen LogP contribution in [0.15, 0.2) is 11.6 Å². The SMILES string of the molecule is CC=C(C)C.NS(=O)[O-]. The fourth-order valence-corrected chi connectivity index (χ4v) is 0. The lowest BCUT2D eigenvalue weighted by Gasteiger charge is -1.85. The third-order valence-corrected chi connectivity index (χ3v) is 0.577. The molecule has 0 saturated carbocycles. The Morgan fingerprint density at radius 3 is 1.78 bits per heavy atom. The molecule has 1 unspecified atom stereocenters. The zero-order chi connectivity index (χ0) is 7.86. The molecule has 0 bridgehead atoms. The van der Waals surface area contributed by atoms with Crippen LogP contribution in [0.25, 0.3) is 0 Å². The third kappa shape index (κ3) is 80.5. The second-order valence-corrected chi connectivity index (χ2v) is 2.15. The number of hydrogen-bond donors (Lipinski definition) is 1. The molecule has 0 spiro atoms. The summed E-state index contributed by atoms with van der Waals surface area (Å²) in [4.78, 5) is 0. The van der Waals surface area contributed by atoms with Gasteiger partial charge in [-0.25, -0.2) is 0 Å². The first-order valence-corrected chi connectivity index (χ1v) is 3.57. The van der Waals surface area contributed by atoms with E-state index in [-0.39, 0.29) is 0 Å². The van der Waals surface area contributed by atoms with Crippen LogP contribution in [-0.2, 0) is 11.3 Å². The average molecular weight is 150 g/mol. The number of rotatable bonds is 0. The molecule has 4 heteroatoms. The van der Waals surface area contributed by atoms with E-state index in [0.717, 1.165) is 0 Å². The summed E-state index contributed by atoms with van der Waals surface area (Å²) in [5, 5.41) is 4.03. The molecule has 9 heavy (non-hydrogen) atoms. The molecule has 0 saturated heterocycles. The average Bonchev–Trinajstić information content (AvgIpc) is 1.65. The highest BCUT2D eigenvalue weighted by atomic mass is 32.2. The van der Waals surface area contributed by atoms with Crippen LogP contribution in [0.1, 0.15) is 20.8 Å². The summed E-state index contributed by atoms with van der Waals surface area (Å²) in [6.45, 7) is 6.20. The number of allylic oxidation sites excluding steroid dienone is 2. The summed E-state index contributed by atoms with van der Waals surface area (Å²) in [7, 11) is 0. The van der Waals surface area contributed by atoms with E-state index in [0.29, 0.717) is 0 Å². The van der Waals surface area contributed by atoms with Crippen molar-refractivity contribution in [2.45, 2.75) is 20.8 Å². The first kappa shape index (κ1) is 11.6. The molecule has 0 aromatic rings. The molecule has 0 rings (SSSR count). The molecule has 0 amide bonds. The lowest BCUT2D eigenvalue weighted by atomic mass is 10.3. The van der Waals surface area contributed by atoms with Gasteiger partial charge < -0.3 is 4.55 Å². The van der Waals surface area contributed by atoms with Crippen LogP contribution >= 0.6 is 0 Å². The molecule has 3 nitrogen and oxygen atoms in total. The third-order valence-electron chi connectivity index (χ3n) is 0.577. The highest BCUT2D eigenvalue weighted by Gasteiger charge is 1.60. The minimum absolute atomic E-state index is 1.38. The fourth-order valence-electron chi connectivity index (χ4n) is 0. The van der Waals surface area contributed by atoms with Gasteiger partial charge in [0, 0.05) is 11.3 Å². The largest absolute Gasteiger partial charge is 0.760 e. The Bertz CT molecular complexity index is 104. The van der Waals surface area contributed by atoms with Crippen molar-refractivity contribution >= 4 is 11.3 Å². The van der Waals surface area contributed by atoms with E-state index in [2.05, 4.69) is 25.1 Å².